The van der Waals surface area contributed by atoms with Gasteiger partial charge < -0.3 is 9.84 Å². The van der Waals surface area contributed by atoms with Crippen LogP contribution >= 0.6 is 11.3 Å². The molecule has 0 aliphatic rings. The van der Waals surface area contributed by atoms with Crippen LogP contribution in [0.4, 0.5) is 10.1 Å². The summed E-state index contributed by atoms with van der Waals surface area (Å²) in [7, 11) is 0. The number of benzene rings is 2. The number of anilines is 1. The molecule has 0 saturated heterocycles. The zero-order valence-corrected chi connectivity index (χ0v) is 16.6. The van der Waals surface area contributed by atoms with Gasteiger partial charge in [-0.2, -0.15) is 4.98 Å². The maximum absolute atomic E-state index is 13.1. The SMILES string of the molecule is Cc1nc(-c2ccccc2NC(=O)c2sc(Cc3ccc(F)cc3)nc2C)no1. The molecule has 2 aromatic heterocycles. The number of thiazole rings is 1. The summed E-state index contributed by atoms with van der Waals surface area (Å²) in [6.45, 7) is 3.51. The van der Waals surface area contributed by atoms with E-state index in [1.807, 2.05) is 18.2 Å². The summed E-state index contributed by atoms with van der Waals surface area (Å²) in [5, 5.41) is 7.64. The molecule has 146 valence electrons. The van der Waals surface area contributed by atoms with Gasteiger partial charge in [-0.25, -0.2) is 9.37 Å². The van der Waals surface area contributed by atoms with Gasteiger partial charge in [-0.15, -0.1) is 11.3 Å². The highest BCUT2D eigenvalue weighted by Gasteiger charge is 2.18. The fraction of sp³-hybridized carbons (Fsp3) is 0.143. The summed E-state index contributed by atoms with van der Waals surface area (Å²) in [6, 6.07) is 13.5. The van der Waals surface area contributed by atoms with E-state index < -0.39 is 0 Å². The van der Waals surface area contributed by atoms with Crippen LogP contribution in [-0.4, -0.2) is 21.0 Å². The lowest BCUT2D eigenvalue weighted by molar-refractivity contribution is 0.103. The van der Waals surface area contributed by atoms with Crippen LogP contribution in [0.2, 0.25) is 0 Å². The molecular weight excluding hydrogens is 391 g/mol. The molecule has 6 nitrogen and oxygen atoms in total. The molecule has 1 amide bonds. The van der Waals surface area contributed by atoms with Crippen LogP contribution in [0.1, 0.15) is 31.8 Å². The van der Waals surface area contributed by atoms with Crippen molar-refractivity contribution < 1.29 is 13.7 Å². The largest absolute Gasteiger partial charge is 0.339 e. The average Bonchev–Trinajstić information content (AvgIpc) is 3.29. The standard InChI is InChI=1S/C21H17FN4O2S/c1-12-19(29-18(23-12)11-14-7-9-15(22)10-8-14)21(27)25-17-6-4-3-5-16(17)20-24-13(2)28-26-20/h3-10H,11H2,1-2H3,(H,25,27). The number of aryl methyl sites for hydroxylation is 2. The van der Waals surface area contributed by atoms with Crippen molar-refractivity contribution in [3.8, 4) is 11.4 Å². The van der Waals surface area contributed by atoms with Gasteiger partial charge in [0.15, 0.2) is 0 Å². The summed E-state index contributed by atoms with van der Waals surface area (Å²) in [4.78, 5) is 22.1. The summed E-state index contributed by atoms with van der Waals surface area (Å²) in [5.41, 5.74) is 2.85. The van der Waals surface area contributed by atoms with Crippen LogP contribution in [0.25, 0.3) is 11.4 Å². The number of carbonyl (C=O) groups is 1. The second kappa shape index (κ2) is 7.92. The third-order valence-corrected chi connectivity index (χ3v) is 5.42. The topological polar surface area (TPSA) is 80.9 Å². The summed E-state index contributed by atoms with van der Waals surface area (Å²) in [5.74, 6) is 0.332. The van der Waals surface area contributed by atoms with Crippen LogP contribution in [0, 0.1) is 19.7 Å². The number of para-hydroxylation sites is 1. The van der Waals surface area contributed by atoms with Crippen molar-refractivity contribution in [1.29, 1.82) is 0 Å². The predicted octanol–water partition coefficient (Wildman–Crippen LogP) is 4.79. The average molecular weight is 408 g/mol. The Morgan fingerprint density at radius 2 is 1.86 bits per heavy atom. The maximum Gasteiger partial charge on any atom is 0.267 e. The highest BCUT2D eigenvalue weighted by molar-refractivity contribution is 7.14. The highest BCUT2D eigenvalue weighted by atomic mass is 32.1. The second-order valence-electron chi connectivity index (χ2n) is 6.46. The first-order valence-electron chi connectivity index (χ1n) is 8.91. The zero-order valence-electron chi connectivity index (χ0n) is 15.8. The molecule has 2 aromatic carbocycles. The van der Waals surface area contributed by atoms with E-state index in [9.17, 15) is 9.18 Å². The van der Waals surface area contributed by atoms with E-state index in [1.165, 1.54) is 23.5 Å². The fourth-order valence-electron chi connectivity index (χ4n) is 2.89. The van der Waals surface area contributed by atoms with Gasteiger partial charge in [0.1, 0.15) is 10.7 Å². The van der Waals surface area contributed by atoms with Gasteiger partial charge >= 0.3 is 0 Å². The first-order valence-corrected chi connectivity index (χ1v) is 9.73. The van der Waals surface area contributed by atoms with E-state index in [1.54, 1.807) is 32.0 Å². The Morgan fingerprint density at radius 1 is 1.10 bits per heavy atom. The van der Waals surface area contributed by atoms with E-state index in [2.05, 4.69) is 20.4 Å². The summed E-state index contributed by atoms with van der Waals surface area (Å²) < 4.78 is 18.1. The molecule has 8 heteroatoms. The number of aromatic nitrogens is 3. The molecule has 0 radical (unpaired) electrons. The van der Waals surface area contributed by atoms with E-state index in [0.717, 1.165) is 10.6 Å². The number of carbonyl (C=O) groups excluding carboxylic acids is 1. The second-order valence-corrected chi connectivity index (χ2v) is 7.55. The Hall–Kier alpha value is -3.39. The van der Waals surface area contributed by atoms with E-state index in [0.29, 0.717) is 40.0 Å². The van der Waals surface area contributed by atoms with Gasteiger partial charge in [-0.3, -0.25) is 4.79 Å². The van der Waals surface area contributed by atoms with Crippen LogP contribution in [-0.2, 0) is 6.42 Å². The molecule has 0 bridgehead atoms. The Bertz CT molecular complexity index is 1170. The van der Waals surface area contributed by atoms with E-state index in [4.69, 9.17) is 4.52 Å². The lowest BCUT2D eigenvalue weighted by atomic mass is 10.1. The van der Waals surface area contributed by atoms with Crippen molar-refractivity contribution in [3.05, 3.63) is 81.4 Å². The molecular formula is C21H17FN4O2S. The molecule has 0 spiro atoms. The Labute approximate surface area is 170 Å². The highest BCUT2D eigenvalue weighted by Crippen LogP contribution is 2.27. The van der Waals surface area contributed by atoms with Crippen molar-refractivity contribution >= 4 is 22.9 Å². The molecule has 4 aromatic rings. The molecule has 4 rings (SSSR count). The van der Waals surface area contributed by atoms with E-state index >= 15 is 0 Å². The molecule has 0 aliphatic carbocycles. The number of amides is 1. The summed E-state index contributed by atoms with van der Waals surface area (Å²) >= 11 is 1.32. The number of hydrogen-bond donors (Lipinski definition) is 1. The molecule has 1 N–H and O–H groups in total. The quantitative estimate of drug-likeness (QED) is 0.513. The smallest absolute Gasteiger partial charge is 0.267 e. The van der Waals surface area contributed by atoms with Gasteiger partial charge in [0, 0.05) is 18.9 Å². The van der Waals surface area contributed by atoms with Gasteiger partial charge in [0.25, 0.3) is 5.91 Å². The zero-order chi connectivity index (χ0) is 20.4. The molecule has 0 saturated carbocycles. The van der Waals surface area contributed by atoms with Crippen LogP contribution in [0.3, 0.4) is 0 Å². The Balaban J connectivity index is 1.55. The number of rotatable bonds is 5. The van der Waals surface area contributed by atoms with Gasteiger partial charge in [-0.05, 0) is 36.8 Å². The number of nitrogens with zero attached hydrogens (tertiary/aromatic N) is 3. The minimum atomic E-state index is -0.278. The van der Waals surface area contributed by atoms with Gasteiger partial charge in [0.2, 0.25) is 11.7 Å². The van der Waals surface area contributed by atoms with Crippen molar-refractivity contribution in [1.82, 2.24) is 15.1 Å². The van der Waals surface area contributed by atoms with Crippen molar-refractivity contribution in [2.45, 2.75) is 20.3 Å². The monoisotopic (exact) mass is 408 g/mol. The van der Waals surface area contributed by atoms with Crippen LogP contribution in [0.15, 0.2) is 53.1 Å². The summed E-state index contributed by atoms with van der Waals surface area (Å²) in [6.07, 6.45) is 0.539. The first-order chi connectivity index (χ1) is 14.0. The molecule has 0 fully saturated rings. The predicted molar refractivity (Wildman–Crippen MR) is 108 cm³/mol. The normalized spacial score (nSPS) is 10.9. The maximum atomic E-state index is 13.1. The molecule has 2 heterocycles. The molecule has 0 aliphatic heterocycles. The third kappa shape index (κ3) is 4.22. The molecule has 29 heavy (non-hydrogen) atoms. The van der Waals surface area contributed by atoms with Crippen LogP contribution in [0.5, 0.6) is 0 Å². The van der Waals surface area contributed by atoms with Crippen molar-refractivity contribution in [3.63, 3.8) is 0 Å². The molecule has 0 atom stereocenters. The Kier molecular flexibility index (Phi) is 5.18. The van der Waals surface area contributed by atoms with E-state index in [-0.39, 0.29) is 11.7 Å². The number of nitrogens with one attached hydrogen (secondary N) is 1. The fourth-order valence-corrected chi connectivity index (χ4v) is 3.88. The lowest BCUT2D eigenvalue weighted by Gasteiger charge is -2.07. The van der Waals surface area contributed by atoms with Crippen LogP contribution < -0.4 is 5.32 Å². The minimum Gasteiger partial charge on any atom is -0.339 e. The lowest BCUT2D eigenvalue weighted by Crippen LogP contribution is -2.12. The minimum absolute atomic E-state index is 0.252. The van der Waals surface area contributed by atoms with Crippen molar-refractivity contribution in [2.75, 3.05) is 5.32 Å². The van der Waals surface area contributed by atoms with Gasteiger partial charge in [-0.1, -0.05) is 29.4 Å². The van der Waals surface area contributed by atoms with Gasteiger partial charge in [0.05, 0.1) is 16.4 Å². The van der Waals surface area contributed by atoms with Crippen molar-refractivity contribution in [2.24, 2.45) is 0 Å². The first kappa shape index (κ1) is 18.9. The Morgan fingerprint density at radius 3 is 2.59 bits per heavy atom. The number of hydrogen-bond acceptors (Lipinski definition) is 6. The number of halogens is 1. The molecule has 0 unspecified atom stereocenters. The third-order valence-electron chi connectivity index (χ3n) is 4.26.